The van der Waals surface area contributed by atoms with Gasteiger partial charge < -0.3 is 20.2 Å². The highest BCUT2D eigenvalue weighted by atomic mass is 16.4. The fourth-order valence-corrected chi connectivity index (χ4v) is 1.68. The van der Waals surface area contributed by atoms with E-state index in [0.717, 1.165) is 0 Å². The zero-order valence-corrected chi connectivity index (χ0v) is 8.95. The highest BCUT2D eigenvalue weighted by Crippen LogP contribution is 2.27. The summed E-state index contributed by atoms with van der Waals surface area (Å²) < 4.78 is 0. The van der Waals surface area contributed by atoms with Gasteiger partial charge in [-0.25, -0.2) is 5.01 Å². The molecule has 7 heteroatoms. The molecule has 1 amide bonds. The van der Waals surface area contributed by atoms with Crippen LogP contribution in [0.3, 0.4) is 0 Å². The smallest absolute Gasteiger partial charge is 0.288 e. The summed E-state index contributed by atoms with van der Waals surface area (Å²) >= 11 is 0. The van der Waals surface area contributed by atoms with Crippen LogP contribution in [0.5, 0.6) is 0 Å². The van der Waals surface area contributed by atoms with Crippen LogP contribution in [0.15, 0.2) is 23.4 Å². The summed E-state index contributed by atoms with van der Waals surface area (Å²) in [7, 11) is 3.26. The largest absolute Gasteiger partial charge is 0.508 e. The number of carbonyl (C=O) groups is 1. The van der Waals surface area contributed by atoms with Gasteiger partial charge in [0, 0.05) is 20.3 Å². The van der Waals surface area contributed by atoms with Gasteiger partial charge >= 0.3 is 0 Å². The lowest BCUT2D eigenvalue weighted by atomic mass is 10.1. The molecule has 1 fully saturated rings. The number of hydrogen-bond donors (Lipinski definition) is 3. The highest BCUT2D eigenvalue weighted by molar-refractivity contribution is 5.94. The molecular weight excluding hydrogens is 214 g/mol. The van der Waals surface area contributed by atoms with Gasteiger partial charge in [0.2, 0.25) is 0 Å². The molecule has 88 valence electrons. The molecule has 3 N–H and O–H groups in total. The van der Waals surface area contributed by atoms with Crippen molar-refractivity contribution in [3.05, 3.63) is 23.4 Å². The van der Waals surface area contributed by atoms with Crippen molar-refractivity contribution in [1.82, 2.24) is 14.9 Å². The summed E-state index contributed by atoms with van der Waals surface area (Å²) in [6.45, 7) is 0.304. The molecule has 0 aromatic rings. The van der Waals surface area contributed by atoms with Gasteiger partial charge in [-0.1, -0.05) is 0 Å². The molecule has 0 aromatic carbocycles. The van der Waals surface area contributed by atoms with Gasteiger partial charge in [-0.15, -0.1) is 0 Å². The first-order valence-corrected chi connectivity index (χ1v) is 4.71. The van der Waals surface area contributed by atoms with E-state index in [1.54, 1.807) is 19.1 Å². The standard InChI is InChI=1S/C9H13N3O4/c1-10-4-12-3-5(13)7(14)8(15)6(12)9(16)11(10)2/h3,7,13-15H,4H2,1-2H3. The molecule has 2 rings (SSSR count). The van der Waals surface area contributed by atoms with Crippen molar-refractivity contribution in [3.63, 3.8) is 0 Å². The number of rotatable bonds is 0. The molecule has 0 aromatic heterocycles. The molecule has 0 saturated carbocycles. The van der Waals surface area contributed by atoms with Crippen LogP contribution in [0.2, 0.25) is 0 Å². The minimum Gasteiger partial charge on any atom is -0.508 e. The Morgan fingerprint density at radius 3 is 2.62 bits per heavy atom. The lowest BCUT2D eigenvalue weighted by Gasteiger charge is -2.42. The van der Waals surface area contributed by atoms with Crippen molar-refractivity contribution >= 4 is 5.91 Å². The van der Waals surface area contributed by atoms with Crippen molar-refractivity contribution in [1.29, 1.82) is 0 Å². The van der Waals surface area contributed by atoms with Gasteiger partial charge in [0.1, 0.15) is 5.76 Å². The summed E-state index contributed by atoms with van der Waals surface area (Å²) in [5.74, 6) is -1.34. The molecule has 0 radical (unpaired) electrons. The van der Waals surface area contributed by atoms with Crippen molar-refractivity contribution in [2.75, 3.05) is 20.8 Å². The second kappa shape index (κ2) is 3.39. The van der Waals surface area contributed by atoms with Gasteiger partial charge in [-0.05, 0) is 0 Å². The quantitative estimate of drug-likeness (QED) is 0.497. The molecule has 0 aliphatic carbocycles. The van der Waals surface area contributed by atoms with Gasteiger partial charge in [-0.3, -0.25) is 9.80 Å². The molecule has 2 heterocycles. The lowest BCUT2D eigenvalue weighted by Crippen LogP contribution is -2.55. The van der Waals surface area contributed by atoms with Crippen molar-refractivity contribution in [2.45, 2.75) is 6.10 Å². The number of hydrazine groups is 1. The van der Waals surface area contributed by atoms with Gasteiger partial charge in [0.25, 0.3) is 5.91 Å². The predicted octanol–water partition coefficient (Wildman–Crippen LogP) is -0.892. The van der Waals surface area contributed by atoms with E-state index in [0.29, 0.717) is 6.67 Å². The molecule has 0 bridgehead atoms. The van der Waals surface area contributed by atoms with Crippen molar-refractivity contribution < 1.29 is 20.1 Å². The zero-order chi connectivity index (χ0) is 12.0. The predicted molar refractivity (Wildman–Crippen MR) is 53.6 cm³/mol. The Balaban J connectivity index is 2.44. The fourth-order valence-electron chi connectivity index (χ4n) is 1.68. The number of aliphatic hydroxyl groups is 3. The third-order valence-corrected chi connectivity index (χ3v) is 2.72. The maximum absolute atomic E-state index is 11.8. The van der Waals surface area contributed by atoms with Crippen LogP contribution >= 0.6 is 0 Å². The minimum absolute atomic E-state index is 0.00843. The van der Waals surface area contributed by atoms with E-state index in [2.05, 4.69) is 0 Å². The van der Waals surface area contributed by atoms with E-state index >= 15 is 0 Å². The average molecular weight is 227 g/mol. The van der Waals surface area contributed by atoms with E-state index in [1.807, 2.05) is 0 Å². The number of nitrogens with zero attached hydrogens (tertiary/aromatic N) is 3. The van der Waals surface area contributed by atoms with Crippen LogP contribution in [0.25, 0.3) is 0 Å². The zero-order valence-electron chi connectivity index (χ0n) is 8.95. The van der Waals surface area contributed by atoms with Crippen LogP contribution in [0.4, 0.5) is 0 Å². The summed E-state index contributed by atoms with van der Waals surface area (Å²) in [6.07, 6.45) is -0.284. The Morgan fingerprint density at radius 2 is 2.00 bits per heavy atom. The minimum atomic E-state index is -1.52. The van der Waals surface area contributed by atoms with Gasteiger partial charge in [-0.2, -0.15) is 0 Å². The average Bonchev–Trinajstić information content (AvgIpc) is 2.23. The molecule has 7 nitrogen and oxygen atoms in total. The number of carbonyl (C=O) groups excluding carboxylic acids is 1. The van der Waals surface area contributed by atoms with E-state index in [-0.39, 0.29) is 11.5 Å². The molecule has 2 aliphatic heterocycles. The lowest BCUT2D eigenvalue weighted by molar-refractivity contribution is -0.150. The summed E-state index contributed by atoms with van der Waals surface area (Å²) in [6, 6.07) is 0. The van der Waals surface area contributed by atoms with Crippen LogP contribution in [0, 0.1) is 0 Å². The Morgan fingerprint density at radius 1 is 1.38 bits per heavy atom. The number of hydrogen-bond acceptors (Lipinski definition) is 6. The van der Waals surface area contributed by atoms with Crippen molar-refractivity contribution in [3.8, 4) is 0 Å². The topological polar surface area (TPSA) is 87.5 Å². The van der Waals surface area contributed by atoms with E-state index < -0.39 is 17.8 Å². The van der Waals surface area contributed by atoms with Crippen LogP contribution < -0.4 is 0 Å². The first kappa shape index (κ1) is 10.8. The SMILES string of the molecule is CN1CN2C=C(O)C(O)C(O)=C2C(=O)N1C. The molecular formula is C9H13N3O4. The molecule has 16 heavy (non-hydrogen) atoms. The Kier molecular flexibility index (Phi) is 2.28. The van der Waals surface area contributed by atoms with E-state index in [9.17, 15) is 20.1 Å². The van der Waals surface area contributed by atoms with Crippen LogP contribution in [0.1, 0.15) is 0 Å². The summed E-state index contributed by atoms with van der Waals surface area (Å²) in [5, 5.41) is 31.4. The van der Waals surface area contributed by atoms with Crippen molar-refractivity contribution in [2.24, 2.45) is 0 Å². The maximum atomic E-state index is 11.8. The van der Waals surface area contributed by atoms with Crippen LogP contribution in [-0.4, -0.2) is 63.0 Å². The number of likely N-dealkylation sites (N-methyl/N-ethyl adjacent to an activating group) is 1. The molecule has 1 saturated heterocycles. The first-order valence-electron chi connectivity index (χ1n) is 4.71. The molecule has 0 spiro atoms. The molecule has 1 atom stereocenters. The summed E-state index contributed by atoms with van der Waals surface area (Å²) in [5.41, 5.74) is -0.00843. The number of amides is 1. The summed E-state index contributed by atoms with van der Waals surface area (Å²) in [4.78, 5) is 13.2. The van der Waals surface area contributed by atoms with Gasteiger partial charge in [0.15, 0.2) is 17.6 Å². The molecule has 2 aliphatic rings. The number of fused-ring (bicyclic) bond motifs is 1. The molecule has 1 unspecified atom stereocenters. The van der Waals surface area contributed by atoms with Gasteiger partial charge in [0.05, 0.1) is 6.67 Å². The Bertz CT molecular complexity index is 404. The first-order chi connectivity index (χ1) is 7.43. The Labute approximate surface area is 92.1 Å². The van der Waals surface area contributed by atoms with E-state index in [4.69, 9.17) is 0 Å². The number of aliphatic hydroxyl groups excluding tert-OH is 3. The second-order valence-corrected chi connectivity index (χ2v) is 3.79. The third-order valence-electron chi connectivity index (χ3n) is 2.72. The highest BCUT2D eigenvalue weighted by Gasteiger charge is 2.38. The third kappa shape index (κ3) is 1.33. The van der Waals surface area contributed by atoms with Crippen LogP contribution in [-0.2, 0) is 4.79 Å². The normalized spacial score (nSPS) is 27.1. The second-order valence-electron chi connectivity index (χ2n) is 3.79. The fraction of sp³-hybridized carbons (Fsp3) is 0.444. The maximum Gasteiger partial charge on any atom is 0.288 e. The Hall–Kier alpha value is -1.73. The van der Waals surface area contributed by atoms with E-state index in [1.165, 1.54) is 16.1 Å². The monoisotopic (exact) mass is 227 g/mol.